The molecule has 1 amide bonds. The zero-order valence-electron chi connectivity index (χ0n) is 34.0. The summed E-state index contributed by atoms with van der Waals surface area (Å²) in [4.78, 5) is 42.1. The van der Waals surface area contributed by atoms with Crippen LogP contribution in [0.25, 0.3) is 5.57 Å². The number of allylic oxidation sites excluding steroid dienone is 2. The lowest BCUT2D eigenvalue weighted by Gasteiger charge is -2.72. The highest BCUT2D eigenvalue weighted by Gasteiger charge is 2.72. The third kappa shape index (κ3) is 6.15. The Morgan fingerprint density at radius 2 is 1.56 bits per heavy atom. The highest BCUT2D eigenvalue weighted by atomic mass is 32.2. The van der Waals surface area contributed by atoms with Crippen LogP contribution in [0.15, 0.2) is 30.3 Å². The Balaban J connectivity index is 1.11. The van der Waals surface area contributed by atoms with Crippen molar-refractivity contribution in [2.45, 2.75) is 113 Å². The third-order valence-corrected chi connectivity index (χ3v) is 19.0. The molecule has 2 N–H and O–H groups in total. The Labute approximate surface area is 324 Å². The average molecular weight is 763 g/mol. The van der Waals surface area contributed by atoms with E-state index < -0.39 is 27.1 Å². The topological polar surface area (TPSA) is 121 Å². The van der Waals surface area contributed by atoms with Gasteiger partial charge in [-0.25, -0.2) is 13.2 Å². The molecule has 0 bridgehead atoms. The standard InChI is InChI=1S/C45H66N2O6S/c1-29(2)32-15-20-45(38(48)39(49)46-23-8-24-47-25-27-54(52,53)28-26-47)22-21-43(6)34(37(32)45)13-14-36-42(5)18-16-33(30-9-11-31(12-10-30)40(50)51)41(3,4)35(42)17-19-44(36,43)7/h9-12,16,29,32,34-37H,8,13-15,17-28H2,1-7H3,(H,46,49)(H,50,51)/t32-,34+,35-,36+,37+,42-,43+,44+,45-/m0/s1. The number of carboxylic acids is 1. The number of rotatable bonds is 9. The van der Waals surface area contributed by atoms with Gasteiger partial charge >= 0.3 is 5.97 Å². The van der Waals surface area contributed by atoms with Crippen LogP contribution >= 0.6 is 0 Å². The maximum absolute atomic E-state index is 14.6. The van der Waals surface area contributed by atoms with Gasteiger partial charge in [0, 0.05) is 25.0 Å². The number of hydrogen-bond acceptors (Lipinski definition) is 6. The highest BCUT2D eigenvalue weighted by molar-refractivity contribution is 7.91. The van der Waals surface area contributed by atoms with Gasteiger partial charge in [-0.2, -0.15) is 0 Å². The molecule has 0 aromatic heterocycles. The number of nitrogens with zero attached hydrogens (tertiary/aromatic N) is 1. The van der Waals surface area contributed by atoms with Gasteiger partial charge in [-0.1, -0.05) is 66.7 Å². The molecular formula is C45H66N2O6S. The zero-order chi connectivity index (χ0) is 39.1. The number of benzene rings is 1. The molecule has 54 heavy (non-hydrogen) atoms. The monoisotopic (exact) mass is 762 g/mol. The molecule has 5 fully saturated rings. The highest BCUT2D eigenvalue weighted by Crippen LogP contribution is 2.77. The van der Waals surface area contributed by atoms with Gasteiger partial charge in [0.2, 0.25) is 5.78 Å². The van der Waals surface area contributed by atoms with Gasteiger partial charge in [0.25, 0.3) is 5.91 Å². The van der Waals surface area contributed by atoms with Crippen molar-refractivity contribution in [1.29, 1.82) is 0 Å². The van der Waals surface area contributed by atoms with Crippen molar-refractivity contribution < 1.29 is 27.9 Å². The molecule has 8 nitrogen and oxygen atoms in total. The molecule has 1 aromatic carbocycles. The van der Waals surface area contributed by atoms with Crippen molar-refractivity contribution in [2.75, 3.05) is 37.7 Å². The summed E-state index contributed by atoms with van der Waals surface area (Å²) in [5.41, 5.74) is 2.50. The van der Waals surface area contributed by atoms with E-state index in [0.717, 1.165) is 63.5 Å². The summed E-state index contributed by atoms with van der Waals surface area (Å²) >= 11 is 0. The van der Waals surface area contributed by atoms with Crippen LogP contribution in [-0.2, 0) is 19.4 Å². The minimum Gasteiger partial charge on any atom is -0.478 e. The van der Waals surface area contributed by atoms with Crippen LogP contribution in [0.1, 0.15) is 129 Å². The summed E-state index contributed by atoms with van der Waals surface area (Å²) in [7, 11) is -2.93. The van der Waals surface area contributed by atoms with Gasteiger partial charge < -0.3 is 15.3 Å². The van der Waals surface area contributed by atoms with E-state index in [1.165, 1.54) is 12.0 Å². The predicted octanol–water partition coefficient (Wildman–Crippen LogP) is 7.92. The SMILES string of the molecule is CC(C)[C@@H]1CC[C@]2(C(=O)C(=O)NCCCN3CCS(=O)(=O)CC3)CC[C@]3(C)[C@H](CC[C@@H]4[C@@]5(C)CC=C(c6ccc(C(=O)O)cc6)C(C)(C)[C@@H]5CC[C@]43C)[C@@H]12. The van der Waals surface area contributed by atoms with Gasteiger partial charge in [-0.3, -0.25) is 9.59 Å². The number of carbonyl (C=O) groups excluding carboxylic acids is 2. The Hall–Kier alpha value is -2.52. The van der Waals surface area contributed by atoms with Crippen LogP contribution in [-0.4, -0.2) is 73.8 Å². The number of ketones is 1. The van der Waals surface area contributed by atoms with Crippen LogP contribution in [0.5, 0.6) is 0 Å². The fourth-order valence-electron chi connectivity index (χ4n) is 14.5. The Kier molecular flexibility index (Phi) is 10.2. The van der Waals surface area contributed by atoms with Crippen molar-refractivity contribution in [3.63, 3.8) is 0 Å². The fraction of sp³-hybridized carbons (Fsp3) is 0.756. The molecule has 0 spiro atoms. The van der Waals surface area contributed by atoms with Gasteiger partial charge in [-0.15, -0.1) is 0 Å². The maximum atomic E-state index is 14.6. The summed E-state index contributed by atoms with van der Waals surface area (Å²) in [6.45, 7) is 19.5. The molecule has 1 aromatic rings. The van der Waals surface area contributed by atoms with E-state index in [-0.39, 0.29) is 44.9 Å². The lowest BCUT2D eigenvalue weighted by atomic mass is 9.32. The summed E-state index contributed by atoms with van der Waals surface area (Å²) in [6.07, 6.45) is 12.4. The van der Waals surface area contributed by atoms with Crippen LogP contribution in [0, 0.1) is 62.6 Å². The number of Topliss-reactive ketones (excluding diaryl/α,β-unsaturated/α-hetero) is 1. The van der Waals surface area contributed by atoms with Crippen LogP contribution in [0.4, 0.5) is 0 Å². The normalized spacial score (nSPS) is 39.7. The molecule has 5 aliphatic carbocycles. The van der Waals surface area contributed by atoms with E-state index in [1.54, 1.807) is 12.1 Å². The third-order valence-electron chi connectivity index (χ3n) is 17.4. The van der Waals surface area contributed by atoms with Crippen molar-refractivity contribution in [3.8, 4) is 0 Å². The van der Waals surface area contributed by atoms with Gasteiger partial charge in [0.15, 0.2) is 9.84 Å². The summed E-state index contributed by atoms with van der Waals surface area (Å²) in [5, 5.41) is 12.5. The number of amides is 1. The Morgan fingerprint density at radius 1 is 0.870 bits per heavy atom. The fourth-order valence-corrected chi connectivity index (χ4v) is 15.7. The minimum absolute atomic E-state index is 0.0546. The first-order valence-electron chi connectivity index (χ1n) is 21.1. The first-order chi connectivity index (χ1) is 25.3. The second kappa shape index (κ2) is 13.8. The summed E-state index contributed by atoms with van der Waals surface area (Å²) < 4.78 is 23.7. The second-order valence-corrected chi connectivity index (χ2v) is 22.5. The van der Waals surface area contributed by atoms with Gasteiger partial charge in [0.05, 0.1) is 17.1 Å². The Bertz CT molecular complexity index is 1790. The average Bonchev–Trinajstić information content (AvgIpc) is 3.52. The number of aromatic carboxylic acids is 1. The smallest absolute Gasteiger partial charge is 0.335 e. The quantitative estimate of drug-likeness (QED) is 0.194. The minimum atomic E-state index is -2.93. The van der Waals surface area contributed by atoms with Crippen molar-refractivity contribution in [3.05, 3.63) is 41.5 Å². The number of fused-ring (bicyclic) bond motifs is 7. The summed E-state index contributed by atoms with van der Waals surface area (Å²) in [5.74, 6) is 1.49. The van der Waals surface area contributed by atoms with E-state index in [1.807, 2.05) is 12.1 Å². The van der Waals surface area contributed by atoms with E-state index in [0.29, 0.717) is 61.2 Å². The molecule has 298 valence electrons. The predicted molar refractivity (Wildman–Crippen MR) is 213 cm³/mol. The van der Waals surface area contributed by atoms with E-state index in [2.05, 4.69) is 64.8 Å². The first kappa shape index (κ1) is 39.7. The van der Waals surface area contributed by atoms with Crippen LogP contribution < -0.4 is 5.32 Å². The lowest BCUT2D eigenvalue weighted by Crippen LogP contribution is -2.66. The number of carboxylic acid groups (broad SMARTS) is 1. The molecule has 1 saturated heterocycles. The molecular weight excluding hydrogens is 697 g/mol. The number of hydrogen-bond donors (Lipinski definition) is 2. The molecule has 0 unspecified atom stereocenters. The lowest BCUT2D eigenvalue weighted by molar-refractivity contribution is -0.226. The number of nitrogens with one attached hydrogen (secondary N) is 1. The summed E-state index contributed by atoms with van der Waals surface area (Å²) in [6, 6.07) is 7.46. The molecule has 9 heteroatoms. The van der Waals surface area contributed by atoms with Gasteiger partial charge in [0.1, 0.15) is 0 Å². The molecule has 6 aliphatic rings. The Morgan fingerprint density at radius 3 is 2.20 bits per heavy atom. The molecule has 1 aliphatic heterocycles. The van der Waals surface area contributed by atoms with Crippen LogP contribution in [0.3, 0.4) is 0 Å². The molecule has 1 heterocycles. The van der Waals surface area contributed by atoms with E-state index >= 15 is 0 Å². The number of carbonyl (C=O) groups is 3. The van der Waals surface area contributed by atoms with E-state index in [4.69, 9.17) is 0 Å². The largest absolute Gasteiger partial charge is 0.478 e. The first-order valence-corrected chi connectivity index (χ1v) is 22.9. The second-order valence-electron chi connectivity index (χ2n) is 20.2. The number of sulfone groups is 1. The molecule has 4 saturated carbocycles. The van der Waals surface area contributed by atoms with Crippen molar-refractivity contribution in [1.82, 2.24) is 10.2 Å². The molecule has 9 atom stereocenters. The van der Waals surface area contributed by atoms with Gasteiger partial charge in [-0.05, 0) is 151 Å². The van der Waals surface area contributed by atoms with Crippen LogP contribution in [0.2, 0.25) is 0 Å². The molecule has 0 radical (unpaired) electrons. The van der Waals surface area contributed by atoms with Crippen molar-refractivity contribution >= 4 is 33.1 Å². The van der Waals surface area contributed by atoms with E-state index in [9.17, 15) is 27.9 Å². The molecule has 7 rings (SSSR count). The maximum Gasteiger partial charge on any atom is 0.335 e. The zero-order valence-corrected chi connectivity index (χ0v) is 34.8. The van der Waals surface area contributed by atoms with Crippen molar-refractivity contribution in [2.24, 2.45) is 62.6 Å².